The Labute approximate surface area is 130 Å². The van der Waals surface area contributed by atoms with Gasteiger partial charge in [-0.05, 0) is 24.6 Å². The van der Waals surface area contributed by atoms with Crippen molar-refractivity contribution in [2.45, 2.75) is 25.3 Å². The van der Waals surface area contributed by atoms with Gasteiger partial charge in [0.1, 0.15) is 6.61 Å². The highest BCUT2D eigenvalue weighted by Gasteiger charge is 2.14. The van der Waals surface area contributed by atoms with Crippen molar-refractivity contribution in [1.29, 1.82) is 0 Å². The lowest BCUT2D eigenvalue weighted by molar-refractivity contribution is -0.148. The van der Waals surface area contributed by atoms with Gasteiger partial charge in [0.15, 0.2) is 0 Å². The van der Waals surface area contributed by atoms with Gasteiger partial charge in [0, 0.05) is 10.6 Å². The largest absolute Gasteiger partial charge is 0.461 e. The van der Waals surface area contributed by atoms with Gasteiger partial charge in [0.2, 0.25) is 0 Å². The predicted molar refractivity (Wildman–Crippen MR) is 87.3 cm³/mol. The zero-order valence-corrected chi connectivity index (χ0v) is 13.2. The molecule has 0 aliphatic heterocycles. The number of ether oxygens (including phenoxy) is 1. The van der Waals surface area contributed by atoms with Crippen molar-refractivity contribution in [2.75, 3.05) is 5.75 Å². The van der Waals surface area contributed by atoms with E-state index in [-0.39, 0.29) is 11.9 Å². The van der Waals surface area contributed by atoms with Gasteiger partial charge in [-0.2, -0.15) is 0 Å². The summed E-state index contributed by atoms with van der Waals surface area (Å²) in [5.41, 5.74) is 2.26. The molecule has 0 amide bonds. The standard InChI is InChI=1S/C18H20O2S/c1-14-8-10-17(11-9-14)21-13-15(2)18(19)20-12-16-6-4-3-5-7-16/h3-11,15H,12-13H2,1-2H3. The summed E-state index contributed by atoms with van der Waals surface area (Å²) < 4.78 is 5.35. The third-order valence-electron chi connectivity index (χ3n) is 3.15. The van der Waals surface area contributed by atoms with Crippen molar-refractivity contribution in [3.8, 4) is 0 Å². The van der Waals surface area contributed by atoms with Gasteiger partial charge < -0.3 is 4.74 Å². The van der Waals surface area contributed by atoms with Gasteiger partial charge >= 0.3 is 5.97 Å². The highest BCUT2D eigenvalue weighted by atomic mass is 32.2. The Morgan fingerprint density at radius 2 is 1.76 bits per heavy atom. The average Bonchev–Trinajstić information content (AvgIpc) is 2.52. The number of thioether (sulfide) groups is 1. The molecule has 0 radical (unpaired) electrons. The molecule has 0 fully saturated rings. The molecule has 0 N–H and O–H groups in total. The average molecular weight is 300 g/mol. The summed E-state index contributed by atoms with van der Waals surface area (Å²) in [7, 11) is 0. The lowest BCUT2D eigenvalue weighted by atomic mass is 10.2. The fraction of sp³-hybridized carbons (Fsp3) is 0.278. The summed E-state index contributed by atoms with van der Waals surface area (Å²) >= 11 is 1.69. The quantitative estimate of drug-likeness (QED) is 0.582. The summed E-state index contributed by atoms with van der Waals surface area (Å²) in [4.78, 5) is 13.1. The van der Waals surface area contributed by atoms with Crippen molar-refractivity contribution in [2.24, 2.45) is 5.92 Å². The van der Waals surface area contributed by atoms with E-state index >= 15 is 0 Å². The fourth-order valence-electron chi connectivity index (χ4n) is 1.79. The molecule has 0 saturated heterocycles. The Hall–Kier alpha value is -1.74. The van der Waals surface area contributed by atoms with Crippen LogP contribution in [0.4, 0.5) is 0 Å². The molecule has 1 atom stereocenters. The first-order valence-corrected chi connectivity index (χ1v) is 8.04. The van der Waals surface area contributed by atoms with Crippen LogP contribution < -0.4 is 0 Å². The van der Waals surface area contributed by atoms with E-state index in [4.69, 9.17) is 4.74 Å². The first kappa shape index (κ1) is 15.6. The van der Waals surface area contributed by atoms with Crippen LogP contribution in [0.25, 0.3) is 0 Å². The minimum Gasteiger partial charge on any atom is -0.461 e. The second-order valence-electron chi connectivity index (χ2n) is 5.12. The first-order chi connectivity index (χ1) is 10.1. The second-order valence-corrected chi connectivity index (χ2v) is 6.21. The fourth-order valence-corrected chi connectivity index (χ4v) is 2.70. The van der Waals surface area contributed by atoms with Gasteiger partial charge in [-0.1, -0.05) is 55.0 Å². The van der Waals surface area contributed by atoms with E-state index in [1.54, 1.807) is 11.8 Å². The summed E-state index contributed by atoms with van der Waals surface area (Å²) in [5, 5.41) is 0. The Morgan fingerprint density at radius 1 is 1.10 bits per heavy atom. The van der Waals surface area contributed by atoms with Crippen LogP contribution in [-0.4, -0.2) is 11.7 Å². The minimum atomic E-state index is -0.140. The third kappa shape index (κ3) is 5.27. The second kappa shape index (κ2) is 7.89. The monoisotopic (exact) mass is 300 g/mol. The van der Waals surface area contributed by atoms with Gasteiger partial charge in [0.25, 0.3) is 0 Å². The highest BCUT2D eigenvalue weighted by Crippen LogP contribution is 2.21. The van der Waals surface area contributed by atoms with Crippen molar-refractivity contribution < 1.29 is 9.53 Å². The van der Waals surface area contributed by atoms with Crippen LogP contribution in [0.1, 0.15) is 18.1 Å². The molecule has 0 aliphatic rings. The molecule has 0 heterocycles. The zero-order chi connectivity index (χ0) is 15.1. The Kier molecular flexibility index (Phi) is 5.88. The summed E-state index contributed by atoms with van der Waals surface area (Å²) in [6, 6.07) is 18.1. The molecular formula is C18H20O2S. The molecule has 0 bridgehead atoms. The maximum Gasteiger partial charge on any atom is 0.309 e. The normalized spacial score (nSPS) is 11.9. The van der Waals surface area contributed by atoms with Gasteiger partial charge in [-0.25, -0.2) is 0 Å². The lowest BCUT2D eigenvalue weighted by Gasteiger charge is -2.11. The van der Waals surface area contributed by atoms with E-state index in [2.05, 4.69) is 31.2 Å². The topological polar surface area (TPSA) is 26.3 Å². The number of carbonyl (C=O) groups is 1. The van der Waals surface area contributed by atoms with Crippen molar-refractivity contribution in [1.82, 2.24) is 0 Å². The predicted octanol–water partition coefficient (Wildman–Crippen LogP) is 4.47. The SMILES string of the molecule is Cc1ccc(SCC(C)C(=O)OCc2ccccc2)cc1. The number of benzene rings is 2. The Bertz CT molecular complexity index is 564. The van der Waals surface area contributed by atoms with Crippen LogP contribution in [0.15, 0.2) is 59.5 Å². The highest BCUT2D eigenvalue weighted by molar-refractivity contribution is 7.99. The zero-order valence-electron chi connectivity index (χ0n) is 12.4. The van der Waals surface area contributed by atoms with E-state index in [0.717, 1.165) is 11.3 Å². The van der Waals surface area contributed by atoms with Crippen LogP contribution in [0.2, 0.25) is 0 Å². The molecule has 0 spiro atoms. The number of carbonyl (C=O) groups excluding carboxylic acids is 1. The first-order valence-electron chi connectivity index (χ1n) is 7.05. The van der Waals surface area contributed by atoms with E-state index in [0.29, 0.717) is 6.61 Å². The maximum absolute atomic E-state index is 12.0. The molecule has 0 saturated carbocycles. The van der Waals surface area contributed by atoms with Crippen LogP contribution in [-0.2, 0) is 16.1 Å². The van der Waals surface area contributed by atoms with E-state index in [1.165, 1.54) is 10.5 Å². The number of rotatable bonds is 6. The van der Waals surface area contributed by atoms with Crippen molar-refractivity contribution in [3.05, 3.63) is 65.7 Å². The van der Waals surface area contributed by atoms with Crippen LogP contribution >= 0.6 is 11.8 Å². The van der Waals surface area contributed by atoms with Crippen molar-refractivity contribution >= 4 is 17.7 Å². The minimum absolute atomic E-state index is 0.111. The molecule has 3 heteroatoms. The molecule has 110 valence electrons. The van der Waals surface area contributed by atoms with E-state index < -0.39 is 0 Å². The summed E-state index contributed by atoms with van der Waals surface area (Å²) in [5.74, 6) is 0.481. The number of hydrogen-bond donors (Lipinski definition) is 0. The molecule has 2 aromatic carbocycles. The molecule has 0 aliphatic carbocycles. The summed E-state index contributed by atoms with van der Waals surface area (Å²) in [6.07, 6.45) is 0. The lowest BCUT2D eigenvalue weighted by Crippen LogP contribution is -2.16. The maximum atomic E-state index is 12.0. The van der Waals surface area contributed by atoms with Gasteiger partial charge in [0.05, 0.1) is 5.92 Å². The Balaban J connectivity index is 1.76. The van der Waals surface area contributed by atoms with Crippen LogP contribution in [0.5, 0.6) is 0 Å². The van der Waals surface area contributed by atoms with Gasteiger partial charge in [-0.3, -0.25) is 4.79 Å². The molecule has 0 aromatic heterocycles. The van der Waals surface area contributed by atoms with E-state index in [9.17, 15) is 4.79 Å². The van der Waals surface area contributed by atoms with Gasteiger partial charge in [-0.15, -0.1) is 11.8 Å². The van der Waals surface area contributed by atoms with Crippen LogP contribution in [0, 0.1) is 12.8 Å². The number of aryl methyl sites for hydroxylation is 1. The number of esters is 1. The summed E-state index contributed by atoms with van der Waals surface area (Å²) in [6.45, 7) is 4.33. The molecule has 21 heavy (non-hydrogen) atoms. The molecule has 2 rings (SSSR count). The third-order valence-corrected chi connectivity index (χ3v) is 4.42. The molecular weight excluding hydrogens is 280 g/mol. The van der Waals surface area contributed by atoms with Crippen LogP contribution in [0.3, 0.4) is 0 Å². The molecule has 2 aromatic rings. The smallest absolute Gasteiger partial charge is 0.309 e. The molecule has 2 nitrogen and oxygen atoms in total. The van der Waals surface area contributed by atoms with Crippen molar-refractivity contribution in [3.63, 3.8) is 0 Å². The Morgan fingerprint density at radius 3 is 2.43 bits per heavy atom. The number of hydrogen-bond acceptors (Lipinski definition) is 3. The molecule has 1 unspecified atom stereocenters. The van der Waals surface area contributed by atoms with E-state index in [1.807, 2.05) is 37.3 Å².